The highest BCUT2D eigenvalue weighted by atomic mass is 19.1. The number of hydrogen-bond donors (Lipinski definition) is 0. The summed E-state index contributed by atoms with van der Waals surface area (Å²) in [6.07, 6.45) is 3.20. The Labute approximate surface area is 134 Å². The van der Waals surface area contributed by atoms with Crippen molar-refractivity contribution in [1.29, 1.82) is 0 Å². The average Bonchev–Trinajstić information content (AvgIpc) is 2.95. The largest absolute Gasteiger partial charge is 0.336 e. The lowest BCUT2D eigenvalue weighted by Crippen LogP contribution is -2.48. The third-order valence-electron chi connectivity index (χ3n) is 4.29. The molecular weight excluding hydrogens is 297 g/mol. The second-order valence-corrected chi connectivity index (χ2v) is 6.08. The van der Waals surface area contributed by atoms with Crippen molar-refractivity contribution >= 4 is 5.91 Å². The quantitative estimate of drug-likeness (QED) is 0.871. The van der Waals surface area contributed by atoms with Crippen LogP contribution in [0.15, 0.2) is 24.3 Å². The fourth-order valence-corrected chi connectivity index (χ4v) is 3.17. The molecule has 2 aromatic rings. The van der Waals surface area contributed by atoms with Gasteiger partial charge in [-0.2, -0.15) is 4.80 Å². The lowest BCUT2D eigenvalue weighted by molar-refractivity contribution is -0.138. The summed E-state index contributed by atoms with van der Waals surface area (Å²) in [5, 5.41) is 12.0. The van der Waals surface area contributed by atoms with Crippen molar-refractivity contribution in [3.8, 4) is 11.4 Å². The lowest BCUT2D eigenvalue weighted by Gasteiger charge is -2.38. The van der Waals surface area contributed by atoms with Crippen LogP contribution in [0.3, 0.4) is 0 Å². The van der Waals surface area contributed by atoms with Crippen LogP contribution in [0.2, 0.25) is 0 Å². The third-order valence-corrected chi connectivity index (χ3v) is 4.29. The van der Waals surface area contributed by atoms with E-state index in [1.165, 1.54) is 16.9 Å². The van der Waals surface area contributed by atoms with Crippen LogP contribution in [-0.2, 0) is 11.3 Å². The van der Waals surface area contributed by atoms with E-state index in [2.05, 4.69) is 29.3 Å². The van der Waals surface area contributed by atoms with Gasteiger partial charge in [0.15, 0.2) is 0 Å². The predicted octanol–water partition coefficient (Wildman–Crippen LogP) is 2.27. The summed E-state index contributed by atoms with van der Waals surface area (Å²) in [4.78, 5) is 15.7. The summed E-state index contributed by atoms with van der Waals surface area (Å²) >= 11 is 0. The van der Waals surface area contributed by atoms with Crippen molar-refractivity contribution < 1.29 is 9.18 Å². The van der Waals surface area contributed by atoms with Gasteiger partial charge in [0, 0.05) is 17.6 Å². The van der Waals surface area contributed by atoms with Crippen molar-refractivity contribution in [2.75, 3.05) is 0 Å². The summed E-state index contributed by atoms with van der Waals surface area (Å²) in [6.45, 7) is 4.19. The lowest BCUT2D eigenvalue weighted by atomic mass is 9.97. The standard InChI is InChI=1S/C16H20FN5O/c1-11-5-3-6-12(2)22(11)15(23)10-21-19-16(18-20-21)13-7-4-8-14(17)9-13/h4,7-9,11-12H,3,5-6,10H2,1-2H3/t11-,12+. The molecule has 0 radical (unpaired) electrons. The van der Waals surface area contributed by atoms with Crippen LogP contribution < -0.4 is 0 Å². The van der Waals surface area contributed by atoms with Crippen LogP contribution in [-0.4, -0.2) is 43.1 Å². The highest BCUT2D eigenvalue weighted by Crippen LogP contribution is 2.22. The molecule has 0 saturated carbocycles. The SMILES string of the molecule is C[C@@H]1CCC[C@H](C)N1C(=O)Cn1nnc(-c2cccc(F)c2)n1. The first kappa shape index (κ1) is 15.6. The van der Waals surface area contributed by atoms with E-state index in [9.17, 15) is 9.18 Å². The fourth-order valence-electron chi connectivity index (χ4n) is 3.17. The van der Waals surface area contributed by atoms with Gasteiger partial charge in [0.1, 0.15) is 12.4 Å². The Kier molecular flexibility index (Phi) is 4.36. The van der Waals surface area contributed by atoms with Gasteiger partial charge in [-0.1, -0.05) is 12.1 Å². The van der Waals surface area contributed by atoms with Crippen LogP contribution in [0.4, 0.5) is 4.39 Å². The molecule has 2 heterocycles. The molecule has 0 unspecified atom stereocenters. The van der Waals surface area contributed by atoms with Crippen molar-refractivity contribution in [2.24, 2.45) is 0 Å². The van der Waals surface area contributed by atoms with Crippen molar-refractivity contribution in [3.05, 3.63) is 30.1 Å². The van der Waals surface area contributed by atoms with Crippen molar-refractivity contribution in [3.63, 3.8) is 0 Å². The Hall–Kier alpha value is -2.31. The van der Waals surface area contributed by atoms with Gasteiger partial charge in [-0.15, -0.1) is 10.2 Å². The summed E-state index contributed by atoms with van der Waals surface area (Å²) in [6, 6.07) is 6.47. The molecule has 1 saturated heterocycles. The first-order valence-corrected chi connectivity index (χ1v) is 7.89. The zero-order valence-corrected chi connectivity index (χ0v) is 13.3. The molecule has 3 rings (SSSR count). The molecule has 0 bridgehead atoms. The number of aromatic nitrogens is 4. The van der Waals surface area contributed by atoms with E-state index in [-0.39, 0.29) is 30.4 Å². The summed E-state index contributed by atoms with van der Waals surface area (Å²) in [5.41, 5.74) is 0.545. The predicted molar refractivity (Wildman–Crippen MR) is 82.8 cm³/mol. The second kappa shape index (κ2) is 6.44. The Morgan fingerprint density at radius 3 is 2.74 bits per heavy atom. The third kappa shape index (κ3) is 3.38. The fraction of sp³-hybridized carbons (Fsp3) is 0.500. The minimum Gasteiger partial charge on any atom is -0.336 e. The highest BCUT2D eigenvalue weighted by Gasteiger charge is 2.29. The molecule has 0 N–H and O–H groups in total. The van der Waals surface area contributed by atoms with E-state index in [0.717, 1.165) is 19.3 Å². The molecule has 1 aliphatic rings. The van der Waals surface area contributed by atoms with Gasteiger partial charge in [-0.25, -0.2) is 4.39 Å². The smallest absolute Gasteiger partial charge is 0.246 e. The molecule has 23 heavy (non-hydrogen) atoms. The minimum absolute atomic E-state index is 0.00658. The number of carbonyl (C=O) groups excluding carboxylic acids is 1. The van der Waals surface area contributed by atoms with Gasteiger partial charge in [-0.3, -0.25) is 4.79 Å². The Bertz CT molecular complexity index is 691. The van der Waals surface area contributed by atoms with Crippen LogP contribution in [0.1, 0.15) is 33.1 Å². The van der Waals surface area contributed by atoms with E-state index in [1.807, 2.05) is 4.90 Å². The zero-order chi connectivity index (χ0) is 16.4. The first-order chi connectivity index (χ1) is 11.0. The molecule has 7 heteroatoms. The number of rotatable bonds is 3. The Balaban J connectivity index is 1.72. The van der Waals surface area contributed by atoms with Gasteiger partial charge in [0.05, 0.1) is 0 Å². The van der Waals surface area contributed by atoms with E-state index in [0.29, 0.717) is 11.4 Å². The molecule has 122 valence electrons. The maximum absolute atomic E-state index is 13.3. The number of likely N-dealkylation sites (tertiary alicyclic amines) is 1. The molecular formula is C16H20FN5O. The molecule has 1 aromatic carbocycles. The number of hydrogen-bond acceptors (Lipinski definition) is 4. The van der Waals surface area contributed by atoms with Gasteiger partial charge in [0.25, 0.3) is 0 Å². The maximum Gasteiger partial charge on any atom is 0.246 e. The normalized spacial score (nSPS) is 21.4. The van der Waals surface area contributed by atoms with Gasteiger partial charge >= 0.3 is 0 Å². The number of nitrogens with zero attached hydrogens (tertiary/aromatic N) is 5. The Morgan fingerprint density at radius 2 is 2.04 bits per heavy atom. The number of piperidine rings is 1. The van der Waals surface area contributed by atoms with E-state index in [4.69, 9.17) is 0 Å². The number of carbonyl (C=O) groups is 1. The summed E-state index contributed by atoms with van der Waals surface area (Å²) in [5.74, 6) is -0.0455. The van der Waals surface area contributed by atoms with Crippen LogP contribution in [0.25, 0.3) is 11.4 Å². The minimum atomic E-state index is -0.356. The van der Waals surface area contributed by atoms with E-state index in [1.54, 1.807) is 12.1 Å². The van der Waals surface area contributed by atoms with Crippen LogP contribution in [0.5, 0.6) is 0 Å². The van der Waals surface area contributed by atoms with E-state index >= 15 is 0 Å². The number of halogens is 1. The van der Waals surface area contributed by atoms with Crippen LogP contribution >= 0.6 is 0 Å². The van der Waals surface area contributed by atoms with Crippen molar-refractivity contribution in [1.82, 2.24) is 25.1 Å². The highest BCUT2D eigenvalue weighted by molar-refractivity contribution is 5.76. The van der Waals surface area contributed by atoms with Gasteiger partial charge in [0.2, 0.25) is 11.7 Å². The number of tetrazole rings is 1. The van der Waals surface area contributed by atoms with E-state index < -0.39 is 0 Å². The summed E-state index contributed by atoms with van der Waals surface area (Å²) in [7, 11) is 0. The first-order valence-electron chi connectivity index (χ1n) is 7.89. The Morgan fingerprint density at radius 1 is 1.30 bits per heavy atom. The molecule has 1 fully saturated rings. The topological polar surface area (TPSA) is 63.9 Å². The zero-order valence-electron chi connectivity index (χ0n) is 13.3. The number of benzene rings is 1. The maximum atomic E-state index is 13.3. The van der Waals surface area contributed by atoms with Crippen LogP contribution in [0, 0.1) is 5.82 Å². The molecule has 1 amide bonds. The molecule has 6 nitrogen and oxygen atoms in total. The molecule has 0 aliphatic carbocycles. The monoisotopic (exact) mass is 317 g/mol. The van der Waals surface area contributed by atoms with Gasteiger partial charge in [-0.05, 0) is 50.5 Å². The van der Waals surface area contributed by atoms with Crippen molar-refractivity contribution in [2.45, 2.75) is 51.7 Å². The molecule has 0 spiro atoms. The van der Waals surface area contributed by atoms with Gasteiger partial charge < -0.3 is 4.90 Å². The molecule has 1 aromatic heterocycles. The second-order valence-electron chi connectivity index (χ2n) is 6.08. The molecule has 1 aliphatic heterocycles. The molecule has 2 atom stereocenters. The summed E-state index contributed by atoms with van der Waals surface area (Å²) < 4.78 is 13.3. The number of amides is 1. The average molecular weight is 317 g/mol.